The average Bonchev–Trinajstić information content (AvgIpc) is 2.76. The van der Waals surface area contributed by atoms with Crippen LogP contribution in [0.4, 0.5) is 0 Å². The number of halogens is 1. The number of nitrogens with zero attached hydrogens (tertiary/aromatic N) is 3. The summed E-state index contributed by atoms with van der Waals surface area (Å²) >= 11 is 3.55. The molecule has 0 spiro atoms. The summed E-state index contributed by atoms with van der Waals surface area (Å²) in [7, 11) is 0. The number of hydrogen-bond acceptors (Lipinski definition) is 3. The van der Waals surface area contributed by atoms with Crippen molar-refractivity contribution >= 4 is 15.9 Å². The molecule has 1 heterocycles. The molecule has 5 heteroatoms. The minimum absolute atomic E-state index is 0.553. The molecule has 18 heavy (non-hydrogen) atoms. The fraction of sp³-hybridized carbons (Fsp3) is 0.385. The lowest BCUT2D eigenvalue weighted by Gasteiger charge is -2.09. The number of aromatic nitrogens is 3. The summed E-state index contributed by atoms with van der Waals surface area (Å²) < 4.78 is 2.68. The summed E-state index contributed by atoms with van der Waals surface area (Å²) in [5.74, 6) is 0. The Kier molecular flexibility index (Phi) is 3.82. The highest BCUT2D eigenvalue weighted by molar-refractivity contribution is 9.10. The van der Waals surface area contributed by atoms with Crippen molar-refractivity contribution in [3.63, 3.8) is 0 Å². The van der Waals surface area contributed by atoms with Gasteiger partial charge in [-0.3, -0.25) is 0 Å². The third-order valence-corrected chi connectivity index (χ3v) is 3.47. The van der Waals surface area contributed by atoms with Crippen LogP contribution in [0, 0.1) is 13.8 Å². The van der Waals surface area contributed by atoms with Crippen molar-refractivity contribution in [3.8, 4) is 5.69 Å². The van der Waals surface area contributed by atoms with Crippen LogP contribution in [-0.2, 0) is 0 Å². The zero-order valence-electron chi connectivity index (χ0n) is 10.7. The zero-order chi connectivity index (χ0) is 13.3. The Labute approximate surface area is 115 Å². The molecule has 0 amide bonds. The van der Waals surface area contributed by atoms with E-state index < -0.39 is 6.10 Å². The molecule has 1 N–H and O–H groups in total. The molecule has 0 saturated carbocycles. The number of hydrogen-bond donors (Lipinski definition) is 1. The second-order valence-corrected chi connectivity index (χ2v) is 5.28. The van der Waals surface area contributed by atoms with Gasteiger partial charge in [-0.05, 0) is 53.4 Å². The normalized spacial score (nSPS) is 12.7. The van der Waals surface area contributed by atoms with Crippen molar-refractivity contribution in [2.24, 2.45) is 0 Å². The molecule has 2 aromatic rings. The summed E-state index contributed by atoms with van der Waals surface area (Å²) in [5.41, 5.74) is 3.87. The molecule has 96 valence electrons. The lowest BCUT2D eigenvalue weighted by Crippen LogP contribution is -2.00. The summed E-state index contributed by atoms with van der Waals surface area (Å²) in [6, 6.07) is 4.14. The van der Waals surface area contributed by atoms with Crippen molar-refractivity contribution in [2.45, 2.75) is 33.3 Å². The van der Waals surface area contributed by atoms with Gasteiger partial charge < -0.3 is 5.11 Å². The van der Waals surface area contributed by atoms with E-state index in [-0.39, 0.29) is 0 Å². The standard InChI is InChI=1S/C13H16BrN3O/c1-4-12(18)11-7-17(16-15-11)13-9(3)5-8(2)6-10(13)14/h5-7,12,18H,4H2,1-3H3. The topological polar surface area (TPSA) is 50.9 Å². The first kappa shape index (κ1) is 13.2. The van der Waals surface area contributed by atoms with E-state index in [1.54, 1.807) is 10.9 Å². The molecular weight excluding hydrogens is 294 g/mol. The van der Waals surface area contributed by atoms with Crippen LogP contribution in [0.3, 0.4) is 0 Å². The lowest BCUT2D eigenvalue weighted by atomic mass is 10.1. The van der Waals surface area contributed by atoms with Crippen LogP contribution in [0.15, 0.2) is 22.8 Å². The Morgan fingerprint density at radius 3 is 2.72 bits per heavy atom. The van der Waals surface area contributed by atoms with Gasteiger partial charge in [0.2, 0.25) is 0 Å². The minimum atomic E-state index is -0.553. The van der Waals surface area contributed by atoms with E-state index in [9.17, 15) is 5.11 Å². The van der Waals surface area contributed by atoms with Gasteiger partial charge in [0.25, 0.3) is 0 Å². The van der Waals surface area contributed by atoms with Crippen molar-refractivity contribution in [1.29, 1.82) is 0 Å². The number of aliphatic hydroxyl groups is 1. The van der Waals surface area contributed by atoms with Crippen LogP contribution in [0.1, 0.15) is 36.3 Å². The molecule has 4 nitrogen and oxygen atoms in total. The third-order valence-electron chi connectivity index (χ3n) is 2.87. The first-order chi connectivity index (χ1) is 8.52. The van der Waals surface area contributed by atoms with E-state index in [0.717, 1.165) is 15.7 Å². The van der Waals surface area contributed by atoms with Gasteiger partial charge in [-0.1, -0.05) is 18.2 Å². The maximum Gasteiger partial charge on any atom is 0.112 e. The average molecular weight is 310 g/mol. The predicted octanol–water partition coefficient (Wildman–Crippen LogP) is 3.09. The monoisotopic (exact) mass is 309 g/mol. The first-order valence-electron chi connectivity index (χ1n) is 5.90. The Balaban J connectivity index is 2.46. The molecule has 1 unspecified atom stereocenters. The van der Waals surface area contributed by atoms with Gasteiger partial charge in [0, 0.05) is 4.47 Å². The zero-order valence-corrected chi connectivity index (χ0v) is 12.3. The number of benzene rings is 1. The number of rotatable bonds is 3. The Bertz CT molecular complexity index is 542. The van der Waals surface area contributed by atoms with Gasteiger partial charge in [-0.15, -0.1) is 5.10 Å². The van der Waals surface area contributed by atoms with E-state index in [4.69, 9.17) is 0 Å². The number of aliphatic hydroxyl groups excluding tert-OH is 1. The van der Waals surface area contributed by atoms with E-state index in [1.807, 2.05) is 19.9 Å². The van der Waals surface area contributed by atoms with Crippen molar-refractivity contribution in [2.75, 3.05) is 0 Å². The molecule has 2 rings (SSSR count). The Hall–Kier alpha value is -1.20. The summed E-state index contributed by atoms with van der Waals surface area (Å²) in [6.07, 6.45) is 1.85. The van der Waals surface area contributed by atoms with E-state index in [1.165, 1.54) is 5.56 Å². The minimum Gasteiger partial charge on any atom is -0.387 e. The van der Waals surface area contributed by atoms with Crippen molar-refractivity contribution < 1.29 is 5.11 Å². The molecule has 0 aliphatic rings. The molecule has 0 radical (unpaired) electrons. The molecule has 1 aromatic heterocycles. The van der Waals surface area contributed by atoms with Gasteiger partial charge in [0.15, 0.2) is 0 Å². The van der Waals surface area contributed by atoms with Crippen LogP contribution in [-0.4, -0.2) is 20.1 Å². The highest BCUT2D eigenvalue weighted by Gasteiger charge is 2.13. The maximum absolute atomic E-state index is 9.74. The van der Waals surface area contributed by atoms with Crippen molar-refractivity contribution in [3.05, 3.63) is 39.6 Å². The lowest BCUT2D eigenvalue weighted by molar-refractivity contribution is 0.169. The number of aryl methyl sites for hydroxylation is 2. The van der Waals surface area contributed by atoms with E-state index >= 15 is 0 Å². The molecule has 0 aliphatic heterocycles. The van der Waals surface area contributed by atoms with Crippen LogP contribution in [0.2, 0.25) is 0 Å². The largest absolute Gasteiger partial charge is 0.387 e. The molecule has 0 fully saturated rings. The van der Waals surface area contributed by atoms with Crippen LogP contribution >= 0.6 is 15.9 Å². The summed E-state index contributed by atoms with van der Waals surface area (Å²) in [6.45, 7) is 6.00. The van der Waals surface area contributed by atoms with Crippen LogP contribution < -0.4 is 0 Å². The molecule has 1 atom stereocenters. The smallest absolute Gasteiger partial charge is 0.112 e. The fourth-order valence-electron chi connectivity index (χ4n) is 1.95. The Morgan fingerprint density at radius 2 is 2.11 bits per heavy atom. The molecule has 0 aliphatic carbocycles. The summed E-state index contributed by atoms with van der Waals surface area (Å²) in [5, 5.41) is 17.8. The first-order valence-corrected chi connectivity index (χ1v) is 6.69. The fourth-order valence-corrected chi connectivity index (χ4v) is 2.80. The van der Waals surface area contributed by atoms with E-state index in [2.05, 4.69) is 39.2 Å². The van der Waals surface area contributed by atoms with Gasteiger partial charge >= 0.3 is 0 Å². The second kappa shape index (κ2) is 5.20. The van der Waals surface area contributed by atoms with E-state index in [0.29, 0.717) is 12.1 Å². The molecule has 0 bridgehead atoms. The van der Waals surface area contributed by atoms with Crippen LogP contribution in [0.25, 0.3) is 5.69 Å². The molecular formula is C13H16BrN3O. The highest BCUT2D eigenvalue weighted by atomic mass is 79.9. The SMILES string of the molecule is CCC(O)c1cn(-c2c(C)cc(C)cc2Br)nn1. The van der Waals surface area contributed by atoms with Crippen LogP contribution in [0.5, 0.6) is 0 Å². The summed E-state index contributed by atoms with van der Waals surface area (Å²) in [4.78, 5) is 0. The van der Waals surface area contributed by atoms with Crippen molar-refractivity contribution in [1.82, 2.24) is 15.0 Å². The maximum atomic E-state index is 9.74. The second-order valence-electron chi connectivity index (χ2n) is 4.42. The predicted molar refractivity (Wildman–Crippen MR) is 73.8 cm³/mol. The molecule has 1 aromatic carbocycles. The quantitative estimate of drug-likeness (QED) is 0.948. The third kappa shape index (κ3) is 2.47. The van der Waals surface area contributed by atoms with Gasteiger partial charge in [-0.25, -0.2) is 4.68 Å². The van der Waals surface area contributed by atoms with Gasteiger partial charge in [0.05, 0.1) is 18.0 Å². The van der Waals surface area contributed by atoms with Gasteiger partial charge in [-0.2, -0.15) is 0 Å². The highest BCUT2D eigenvalue weighted by Crippen LogP contribution is 2.26. The Morgan fingerprint density at radius 1 is 1.39 bits per heavy atom. The molecule has 0 saturated heterocycles. The van der Waals surface area contributed by atoms with Gasteiger partial charge in [0.1, 0.15) is 5.69 Å².